The van der Waals surface area contributed by atoms with Gasteiger partial charge < -0.3 is 9.42 Å². The summed E-state index contributed by atoms with van der Waals surface area (Å²) >= 11 is 3.37. The van der Waals surface area contributed by atoms with Crippen LogP contribution in [0.25, 0.3) is 11.4 Å². The van der Waals surface area contributed by atoms with E-state index in [1.165, 1.54) is 0 Å². The molecular weight excluding hydrogens is 382 g/mol. The van der Waals surface area contributed by atoms with Crippen LogP contribution in [0.3, 0.4) is 0 Å². The molecule has 0 spiro atoms. The molecule has 0 fully saturated rings. The Morgan fingerprint density at radius 1 is 1.16 bits per heavy atom. The Bertz CT molecular complexity index is 860. The van der Waals surface area contributed by atoms with E-state index in [1.54, 1.807) is 23.1 Å². The van der Waals surface area contributed by atoms with E-state index >= 15 is 0 Å². The zero-order valence-corrected chi connectivity index (χ0v) is 15.0. The third kappa shape index (κ3) is 4.22. The van der Waals surface area contributed by atoms with Crippen molar-refractivity contribution < 1.29 is 9.32 Å². The second kappa shape index (κ2) is 7.90. The number of amides is 1. The van der Waals surface area contributed by atoms with Crippen LogP contribution in [0.2, 0.25) is 0 Å². The molecule has 0 saturated heterocycles. The highest BCUT2D eigenvalue weighted by atomic mass is 79.9. The van der Waals surface area contributed by atoms with Crippen LogP contribution in [0.5, 0.6) is 0 Å². The van der Waals surface area contributed by atoms with Crippen molar-refractivity contribution in [3.8, 4) is 11.4 Å². The van der Waals surface area contributed by atoms with Gasteiger partial charge in [0.25, 0.3) is 5.91 Å². The molecule has 1 heterocycles. The van der Waals surface area contributed by atoms with Crippen LogP contribution in [0.15, 0.2) is 76.2 Å². The second-order valence-corrected chi connectivity index (χ2v) is 6.27. The van der Waals surface area contributed by atoms with Gasteiger partial charge in [0.15, 0.2) is 0 Å². The predicted octanol–water partition coefficient (Wildman–Crippen LogP) is 4.33. The van der Waals surface area contributed by atoms with Gasteiger partial charge in [-0.1, -0.05) is 57.5 Å². The fraction of sp³-hybridized carbons (Fsp3) is 0.105. The van der Waals surface area contributed by atoms with Gasteiger partial charge in [0, 0.05) is 22.1 Å². The van der Waals surface area contributed by atoms with Crippen molar-refractivity contribution in [3.63, 3.8) is 0 Å². The molecule has 6 heteroatoms. The molecule has 0 atom stereocenters. The lowest BCUT2D eigenvalue weighted by Gasteiger charge is -2.19. The average Bonchev–Trinajstić information content (AvgIpc) is 3.11. The van der Waals surface area contributed by atoms with Gasteiger partial charge in [-0.2, -0.15) is 4.98 Å². The minimum atomic E-state index is -0.119. The molecule has 1 amide bonds. The third-order valence-corrected chi connectivity index (χ3v) is 4.08. The zero-order valence-electron chi connectivity index (χ0n) is 13.4. The average molecular weight is 398 g/mol. The van der Waals surface area contributed by atoms with Crippen LogP contribution in [-0.4, -0.2) is 27.5 Å². The minimum absolute atomic E-state index is 0.119. The molecule has 126 valence electrons. The van der Waals surface area contributed by atoms with Crippen LogP contribution in [0.1, 0.15) is 16.2 Å². The Balaban J connectivity index is 1.78. The molecule has 0 radical (unpaired) electrons. The summed E-state index contributed by atoms with van der Waals surface area (Å²) in [5.74, 6) is 0.767. The van der Waals surface area contributed by atoms with Crippen molar-refractivity contribution in [2.75, 3.05) is 6.54 Å². The lowest BCUT2D eigenvalue weighted by atomic mass is 10.2. The summed E-state index contributed by atoms with van der Waals surface area (Å²) < 4.78 is 6.22. The molecule has 0 N–H and O–H groups in total. The smallest absolute Gasteiger partial charge is 0.254 e. The molecule has 0 unspecified atom stereocenters. The number of carbonyl (C=O) groups excluding carboxylic acids is 1. The molecule has 0 bridgehead atoms. The Morgan fingerprint density at radius 2 is 1.88 bits per heavy atom. The SMILES string of the molecule is C=CCN(Cc1nc(-c2ccccc2)no1)C(=O)c1ccc(Br)cc1. The molecule has 0 aliphatic rings. The molecule has 3 rings (SSSR count). The number of benzene rings is 2. The number of hydrogen-bond acceptors (Lipinski definition) is 4. The number of nitrogens with zero attached hydrogens (tertiary/aromatic N) is 3. The maximum Gasteiger partial charge on any atom is 0.254 e. The van der Waals surface area contributed by atoms with Crippen LogP contribution < -0.4 is 0 Å². The van der Waals surface area contributed by atoms with E-state index in [1.807, 2.05) is 42.5 Å². The molecule has 25 heavy (non-hydrogen) atoms. The first-order valence-corrected chi connectivity index (χ1v) is 8.50. The van der Waals surface area contributed by atoms with Gasteiger partial charge in [0.05, 0.1) is 0 Å². The first kappa shape index (κ1) is 17.1. The first-order chi connectivity index (χ1) is 12.2. The lowest BCUT2D eigenvalue weighted by molar-refractivity contribution is 0.0745. The highest BCUT2D eigenvalue weighted by Gasteiger charge is 2.18. The number of rotatable bonds is 6. The van der Waals surface area contributed by atoms with Crippen molar-refractivity contribution in [1.29, 1.82) is 0 Å². The van der Waals surface area contributed by atoms with Gasteiger partial charge in [0.1, 0.15) is 6.54 Å². The Kier molecular flexibility index (Phi) is 5.40. The van der Waals surface area contributed by atoms with Crippen molar-refractivity contribution >= 4 is 21.8 Å². The summed E-state index contributed by atoms with van der Waals surface area (Å²) in [5.41, 5.74) is 1.46. The van der Waals surface area contributed by atoms with Crippen molar-refractivity contribution in [3.05, 3.63) is 83.2 Å². The van der Waals surface area contributed by atoms with Crippen LogP contribution in [0, 0.1) is 0 Å². The normalized spacial score (nSPS) is 10.4. The van der Waals surface area contributed by atoms with Gasteiger partial charge in [-0.25, -0.2) is 0 Å². The zero-order chi connectivity index (χ0) is 17.6. The Labute approximate surface area is 154 Å². The highest BCUT2D eigenvalue weighted by Crippen LogP contribution is 2.17. The van der Waals surface area contributed by atoms with Crippen molar-refractivity contribution in [2.24, 2.45) is 0 Å². The summed E-state index contributed by atoms with van der Waals surface area (Å²) in [6, 6.07) is 16.8. The summed E-state index contributed by atoms with van der Waals surface area (Å²) in [7, 11) is 0. The molecule has 5 nitrogen and oxygen atoms in total. The topological polar surface area (TPSA) is 59.2 Å². The molecular formula is C19H16BrN3O2. The summed E-state index contributed by atoms with van der Waals surface area (Å²) in [6.07, 6.45) is 1.67. The van der Waals surface area contributed by atoms with E-state index in [9.17, 15) is 4.79 Å². The molecule has 0 saturated carbocycles. The molecule has 1 aromatic heterocycles. The number of hydrogen-bond donors (Lipinski definition) is 0. The fourth-order valence-corrected chi connectivity index (χ4v) is 2.60. The Morgan fingerprint density at radius 3 is 2.56 bits per heavy atom. The maximum atomic E-state index is 12.7. The van der Waals surface area contributed by atoms with Gasteiger partial charge in [-0.15, -0.1) is 6.58 Å². The van der Waals surface area contributed by atoms with E-state index in [4.69, 9.17) is 4.52 Å². The van der Waals surface area contributed by atoms with Gasteiger partial charge >= 0.3 is 0 Å². The highest BCUT2D eigenvalue weighted by molar-refractivity contribution is 9.10. The van der Waals surface area contributed by atoms with Crippen LogP contribution in [-0.2, 0) is 6.54 Å². The number of carbonyl (C=O) groups is 1. The number of aromatic nitrogens is 2. The lowest BCUT2D eigenvalue weighted by Crippen LogP contribution is -2.30. The van der Waals surface area contributed by atoms with E-state index in [0.29, 0.717) is 23.8 Å². The fourth-order valence-electron chi connectivity index (χ4n) is 2.34. The maximum absolute atomic E-state index is 12.7. The molecule has 2 aromatic carbocycles. The molecule has 0 aliphatic heterocycles. The monoisotopic (exact) mass is 397 g/mol. The van der Waals surface area contributed by atoms with Gasteiger partial charge in [-0.05, 0) is 24.3 Å². The summed E-state index contributed by atoms with van der Waals surface area (Å²) in [4.78, 5) is 18.7. The van der Waals surface area contributed by atoms with Crippen LogP contribution in [0.4, 0.5) is 0 Å². The van der Waals surface area contributed by atoms with Crippen LogP contribution >= 0.6 is 15.9 Å². The van der Waals surface area contributed by atoms with Crippen molar-refractivity contribution in [1.82, 2.24) is 15.0 Å². The molecule has 0 aliphatic carbocycles. The second-order valence-electron chi connectivity index (χ2n) is 5.36. The number of halogens is 1. The van der Waals surface area contributed by atoms with E-state index < -0.39 is 0 Å². The third-order valence-electron chi connectivity index (χ3n) is 3.55. The van der Waals surface area contributed by atoms with E-state index in [-0.39, 0.29) is 12.5 Å². The van der Waals surface area contributed by atoms with E-state index in [0.717, 1.165) is 10.0 Å². The van der Waals surface area contributed by atoms with Gasteiger partial charge in [-0.3, -0.25) is 4.79 Å². The Hall–Kier alpha value is -2.73. The first-order valence-electron chi connectivity index (χ1n) is 7.71. The largest absolute Gasteiger partial charge is 0.337 e. The standard InChI is InChI=1S/C19H16BrN3O2/c1-2-12-23(19(24)15-8-10-16(20)11-9-15)13-17-21-18(22-25-17)14-6-4-3-5-7-14/h2-11H,1,12-13H2. The summed E-state index contributed by atoms with van der Waals surface area (Å²) in [5, 5.41) is 3.99. The van der Waals surface area contributed by atoms with Gasteiger partial charge in [0.2, 0.25) is 11.7 Å². The van der Waals surface area contributed by atoms with Crippen molar-refractivity contribution in [2.45, 2.75) is 6.54 Å². The quantitative estimate of drug-likeness (QED) is 0.580. The summed E-state index contributed by atoms with van der Waals surface area (Å²) in [6.45, 7) is 4.33. The predicted molar refractivity (Wildman–Crippen MR) is 98.8 cm³/mol. The minimum Gasteiger partial charge on any atom is -0.337 e. The van der Waals surface area contributed by atoms with E-state index in [2.05, 4.69) is 32.6 Å². The molecule has 3 aromatic rings.